The highest BCUT2D eigenvalue weighted by Crippen LogP contribution is 2.37. The van der Waals surface area contributed by atoms with Crippen molar-refractivity contribution >= 4 is 43.2 Å². The first-order chi connectivity index (χ1) is 8.13. The largest absolute Gasteiger partial charge is 0.336 e. The van der Waals surface area contributed by atoms with Crippen LogP contribution >= 0.6 is 43.2 Å². The minimum absolute atomic E-state index is 0.146. The number of aryl methyl sites for hydroxylation is 1. The van der Waals surface area contributed by atoms with E-state index in [1.807, 2.05) is 19.4 Å². The zero-order chi connectivity index (χ0) is 12.4. The zero-order valence-electron chi connectivity index (χ0n) is 9.58. The van der Waals surface area contributed by atoms with Gasteiger partial charge in [0.2, 0.25) is 0 Å². The molecule has 0 amide bonds. The van der Waals surface area contributed by atoms with Crippen LogP contribution < -0.4 is 5.32 Å². The summed E-state index contributed by atoms with van der Waals surface area (Å²) in [4.78, 5) is 5.68. The summed E-state index contributed by atoms with van der Waals surface area (Å²) in [6.45, 7) is 3.01. The quantitative estimate of drug-likeness (QED) is 0.878. The van der Waals surface area contributed by atoms with E-state index in [2.05, 4.69) is 59.7 Å². The Morgan fingerprint density at radius 1 is 1.53 bits per heavy atom. The average Bonchev–Trinajstić information content (AvgIpc) is 2.83. The molecular weight excluding hydrogens is 366 g/mol. The van der Waals surface area contributed by atoms with E-state index in [9.17, 15) is 0 Å². The summed E-state index contributed by atoms with van der Waals surface area (Å²) in [5.74, 6) is 1.04. The number of hydrogen-bond donors (Lipinski definition) is 1. The summed E-state index contributed by atoms with van der Waals surface area (Å²) in [7, 11) is 2.02. The lowest BCUT2D eigenvalue weighted by Crippen LogP contribution is -2.23. The molecule has 0 aliphatic heterocycles. The molecule has 1 unspecified atom stereocenters. The number of halogens is 2. The van der Waals surface area contributed by atoms with Gasteiger partial charge in [-0.15, -0.1) is 11.3 Å². The van der Waals surface area contributed by atoms with Gasteiger partial charge in [0, 0.05) is 28.8 Å². The number of imidazole rings is 1. The lowest BCUT2D eigenvalue weighted by atomic mass is 10.2. The Hall–Kier alpha value is -0.170. The van der Waals surface area contributed by atoms with E-state index in [0.29, 0.717) is 0 Å². The van der Waals surface area contributed by atoms with Crippen molar-refractivity contribution < 1.29 is 0 Å². The summed E-state index contributed by atoms with van der Waals surface area (Å²) in [5.41, 5.74) is 0. The van der Waals surface area contributed by atoms with Gasteiger partial charge in [0.15, 0.2) is 0 Å². The maximum atomic E-state index is 4.43. The standard InChI is InChI=1S/C11H13Br2N3S/c1-3-14-9(11-15-4-5-16(11)2)8-6-7(12)10(13)17-8/h4-6,9,14H,3H2,1-2H3. The van der Waals surface area contributed by atoms with Crippen molar-refractivity contribution in [2.45, 2.75) is 13.0 Å². The Kier molecular flexibility index (Phi) is 4.41. The predicted molar refractivity (Wildman–Crippen MR) is 78.4 cm³/mol. The van der Waals surface area contributed by atoms with Crippen molar-refractivity contribution in [2.75, 3.05) is 6.54 Å². The first kappa shape index (κ1) is 13.3. The topological polar surface area (TPSA) is 29.9 Å². The summed E-state index contributed by atoms with van der Waals surface area (Å²) < 4.78 is 4.26. The van der Waals surface area contributed by atoms with E-state index in [4.69, 9.17) is 0 Å². The average molecular weight is 379 g/mol. The van der Waals surface area contributed by atoms with Gasteiger partial charge in [-0.25, -0.2) is 4.98 Å². The monoisotopic (exact) mass is 377 g/mol. The number of nitrogens with zero attached hydrogens (tertiary/aromatic N) is 2. The highest BCUT2D eigenvalue weighted by atomic mass is 79.9. The lowest BCUT2D eigenvalue weighted by molar-refractivity contribution is 0.584. The van der Waals surface area contributed by atoms with E-state index in [-0.39, 0.29) is 6.04 Å². The Morgan fingerprint density at radius 3 is 2.76 bits per heavy atom. The second kappa shape index (κ2) is 5.65. The summed E-state index contributed by atoms with van der Waals surface area (Å²) in [5, 5.41) is 3.47. The minimum Gasteiger partial charge on any atom is -0.336 e. The normalized spacial score (nSPS) is 12.9. The van der Waals surface area contributed by atoms with Crippen molar-refractivity contribution in [3.63, 3.8) is 0 Å². The third-order valence-electron chi connectivity index (χ3n) is 2.47. The maximum absolute atomic E-state index is 4.43. The second-order valence-corrected chi connectivity index (χ2v) is 6.91. The number of nitrogens with one attached hydrogen (secondary N) is 1. The van der Waals surface area contributed by atoms with Gasteiger partial charge < -0.3 is 9.88 Å². The summed E-state index contributed by atoms with van der Waals surface area (Å²) in [6.07, 6.45) is 3.80. The molecule has 2 rings (SSSR count). The first-order valence-electron chi connectivity index (χ1n) is 5.28. The van der Waals surface area contributed by atoms with Crippen molar-refractivity contribution in [3.8, 4) is 0 Å². The molecule has 0 saturated carbocycles. The first-order valence-corrected chi connectivity index (χ1v) is 7.69. The van der Waals surface area contributed by atoms with Crippen LogP contribution in [0.4, 0.5) is 0 Å². The van der Waals surface area contributed by atoms with Crippen LogP contribution in [-0.2, 0) is 7.05 Å². The fraction of sp³-hybridized carbons (Fsp3) is 0.364. The van der Waals surface area contributed by atoms with Gasteiger partial charge in [0.05, 0.1) is 3.79 Å². The Balaban J connectivity index is 2.39. The SMILES string of the molecule is CCNC(c1cc(Br)c(Br)s1)c1nccn1C. The molecule has 0 saturated heterocycles. The molecule has 0 bridgehead atoms. The molecule has 1 N–H and O–H groups in total. The van der Waals surface area contributed by atoms with Gasteiger partial charge in [0.25, 0.3) is 0 Å². The molecule has 2 heterocycles. The van der Waals surface area contributed by atoms with Gasteiger partial charge >= 0.3 is 0 Å². The van der Waals surface area contributed by atoms with Crippen LogP contribution in [-0.4, -0.2) is 16.1 Å². The number of rotatable bonds is 4. The number of aromatic nitrogens is 2. The molecule has 0 radical (unpaired) electrons. The maximum Gasteiger partial charge on any atom is 0.131 e. The van der Waals surface area contributed by atoms with Crippen LogP contribution in [0.3, 0.4) is 0 Å². The van der Waals surface area contributed by atoms with Gasteiger partial charge in [-0.3, -0.25) is 0 Å². The summed E-state index contributed by atoms with van der Waals surface area (Å²) >= 11 is 8.78. The van der Waals surface area contributed by atoms with Gasteiger partial charge in [-0.05, 0) is 44.5 Å². The molecule has 0 aromatic carbocycles. The van der Waals surface area contributed by atoms with Gasteiger partial charge in [0.1, 0.15) is 11.9 Å². The predicted octanol–water partition coefficient (Wildman–Crippen LogP) is 3.71. The third kappa shape index (κ3) is 2.81. The Labute approximate surface area is 122 Å². The highest BCUT2D eigenvalue weighted by Gasteiger charge is 2.20. The van der Waals surface area contributed by atoms with E-state index < -0.39 is 0 Å². The number of hydrogen-bond acceptors (Lipinski definition) is 3. The van der Waals surface area contributed by atoms with Crippen LogP contribution in [0.25, 0.3) is 0 Å². The molecule has 1 atom stereocenters. The molecule has 2 aromatic heterocycles. The molecular formula is C11H13Br2N3S. The fourth-order valence-electron chi connectivity index (χ4n) is 1.68. The number of thiophene rings is 1. The minimum atomic E-state index is 0.146. The highest BCUT2D eigenvalue weighted by molar-refractivity contribution is 9.13. The van der Waals surface area contributed by atoms with E-state index in [1.54, 1.807) is 11.3 Å². The van der Waals surface area contributed by atoms with Crippen molar-refractivity contribution in [1.82, 2.24) is 14.9 Å². The van der Waals surface area contributed by atoms with E-state index >= 15 is 0 Å². The molecule has 0 aliphatic carbocycles. The van der Waals surface area contributed by atoms with Crippen molar-refractivity contribution in [2.24, 2.45) is 7.05 Å². The molecule has 2 aromatic rings. The van der Waals surface area contributed by atoms with Crippen LogP contribution in [0.2, 0.25) is 0 Å². The van der Waals surface area contributed by atoms with Crippen LogP contribution in [0.1, 0.15) is 23.7 Å². The van der Waals surface area contributed by atoms with Crippen LogP contribution in [0.15, 0.2) is 26.7 Å². The molecule has 17 heavy (non-hydrogen) atoms. The van der Waals surface area contributed by atoms with Crippen molar-refractivity contribution in [1.29, 1.82) is 0 Å². The third-order valence-corrected chi connectivity index (χ3v) is 5.79. The Morgan fingerprint density at radius 2 is 2.29 bits per heavy atom. The Bertz CT molecular complexity index is 487. The molecule has 0 spiro atoms. The molecule has 92 valence electrons. The zero-order valence-corrected chi connectivity index (χ0v) is 13.6. The lowest BCUT2D eigenvalue weighted by Gasteiger charge is -2.15. The fourth-order valence-corrected chi connectivity index (χ4v) is 3.85. The van der Waals surface area contributed by atoms with Crippen molar-refractivity contribution in [3.05, 3.63) is 37.4 Å². The smallest absolute Gasteiger partial charge is 0.131 e. The molecule has 0 fully saturated rings. The molecule has 0 aliphatic rings. The molecule has 3 nitrogen and oxygen atoms in total. The van der Waals surface area contributed by atoms with E-state index in [1.165, 1.54) is 4.88 Å². The van der Waals surface area contributed by atoms with Crippen LogP contribution in [0.5, 0.6) is 0 Å². The molecule has 6 heteroatoms. The van der Waals surface area contributed by atoms with Gasteiger partial charge in [-0.1, -0.05) is 6.92 Å². The summed E-state index contributed by atoms with van der Waals surface area (Å²) in [6, 6.07) is 2.28. The van der Waals surface area contributed by atoms with Crippen LogP contribution in [0, 0.1) is 0 Å². The second-order valence-electron chi connectivity index (χ2n) is 3.66. The van der Waals surface area contributed by atoms with E-state index in [0.717, 1.165) is 20.6 Å². The van der Waals surface area contributed by atoms with Gasteiger partial charge in [-0.2, -0.15) is 0 Å².